The molecule has 0 N–H and O–H groups in total. The van der Waals surface area contributed by atoms with Gasteiger partial charge in [0.1, 0.15) is 12.4 Å². The van der Waals surface area contributed by atoms with E-state index < -0.39 is 0 Å². The van der Waals surface area contributed by atoms with Crippen LogP contribution in [0.25, 0.3) is 11.4 Å². The molecule has 0 spiro atoms. The molecule has 0 atom stereocenters. The van der Waals surface area contributed by atoms with Gasteiger partial charge in [-0.05, 0) is 31.2 Å². The molecule has 0 aliphatic carbocycles. The maximum atomic E-state index is 12.7. The van der Waals surface area contributed by atoms with Crippen molar-refractivity contribution in [1.29, 1.82) is 0 Å². The second kappa shape index (κ2) is 8.31. The molecule has 6 heteroatoms. The molecular weight excluding hydrogens is 342 g/mol. The Hall–Kier alpha value is -3.41. The van der Waals surface area contributed by atoms with E-state index in [-0.39, 0.29) is 12.5 Å². The van der Waals surface area contributed by atoms with Crippen LogP contribution in [-0.2, 0) is 6.54 Å². The first-order chi connectivity index (χ1) is 13.1. The number of aryl methyl sites for hydroxylation is 1. The van der Waals surface area contributed by atoms with E-state index in [1.807, 2.05) is 31.2 Å². The molecule has 0 bridgehead atoms. The highest BCUT2D eigenvalue weighted by Crippen LogP contribution is 2.19. The van der Waals surface area contributed by atoms with E-state index in [0.717, 1.165) is 11.1 Å². The van der Waals surface area contributed by atoms with Crippen LogP contribution in [0.4, 0.5) is 0 Å². The van der Waals surface area contributed by atoms with Crippen molar-refractivity contribution >= 4 is 5.91 Å². The van der Waals surface area contributed by atoms with Crippen molar-refractivity contribution < 1.29 is 14.1 Å². The molecule has 1 heterocycles. The average molecular weight is 363 g/mol. The topological polar surface area (TPSA) is 68.5 Å². The standard InChI is InChI=1S/C21H21N3O3/c1-4-11-26-18-10-6-9-17(13-18)21(25)24(3)14-19-22-20(23-27-19)16-8-5-7-15(2)12-16/h4-10,12-13H,1,11,14H2,2-3H3. The van der Waals surface area contributed by atoms with Gasteiger partial charge in [-0.1, -0.05) is 47.6 Å². The van der Waals surface area contributed by atoms with Crippen LogP contribution in [0.15, 0.2) is 65.7 Å². The minimum absolute atomic E-state index is 0.158. The van der Waals surface area contributed by atoms with Gasteiger partial charge in [-0.3, -0.25) is 4.79 Å². The Labute approximate surface area is 158 Å². The van der Waals surface area contributed by atoms with E-state index in [1.165, 1.54) is 4.90 Å². The molecule has 138 valence electrons. The van der Waals surface area contributed by atoms with Crippen LogP contribution in [0.1, 0.15) is 21.8 Å². The van der Waals surface area contributed by atoms with Gasteiger partial charge in [0.25, 0.3) is 5.91 Å². The van der Waals surface area contributed by atoms with Crippen molar-refractivity contribution in [3.05, 3.63) is 78.2 Å². The van der Waals surface area contributed by atoms with Gasteiger partial charge in [0.05, 0.1) is 6.54 Å². The lowest BCUT2D eigenvalue weighted by Crippen LogP contribution is -2.26. The van der Waals surface area contributed by atoms with Gasteiger partial charge < -0.3 is 14.2 Å². The number of nitrogens with zero attached hydrogens (tertiary/aromatic N) is 3. The summed E-state index contributed by atoms with van der Waals surface area (Å²) in [5.41, 5.74) is 2.52. The van der Waals surface area contributed by atoms with Gasteiger partial charge in [0, 0.05) is 18.2 Å². The quantitative estimate of drug-likeness (QED) is 0.596. The molecule has 0 fully saturated rings. The number of benzene rings is 2. The Balaban J connectivity index is 1.69. The zero-order chi connectivity index (χ0) is 19.2. The lowest BCUT2D eigenvalue weighted by atomic mass is 10.1. The molecule has 27 heavy (non-hydrogen) atoms. The van der Waals surface area contributed by atoms with Gasteiger partial charge in [0.15, 0.2) is 0 Å². The SMILES string of the molecule is C=CCOc1cccc(C(=O)N(C)Cc2nc(-c3cccc(C)c3)no2)c1. The van der Waals surface area contributed by atoms with Gasteiger partial charge >= 0.3 is 0 Å². The smallest absolute Gasteiger partial charge is 0.254 e. The summed E-state index contributed by atoms with van der Waals surface area (Å²) in [5, 5.41) is 4.01. The Morgan fingerprint density at radius 3 is 2.85 bits per heavy atom. The lowest BCUT2D eigenvalue weighted by Gasteiger charge is -2.15. The number of aromatic nitrogens is 2. The number of hydrogen-bond donors (Lipinski definition) is 0. The highest BCUT2D eigenvalue weighted by atomic mass is 16.5. The van der Waals surface area contributed by atoms with Gasteiger partial charge in [-0.15, -0.1) is 0 Å². The van der Waals surface area contributed by atoms with Gasteiger partial charge in [-0.25, -0.2) is 0 Å². The summed E-state index contributed by atoms with van der Waals surface area (Å²) in [6.07, 6.45) is 1.65. The van der Waals surface area contributed by atoms with Crippen LogP contribution in [0.5, 0.6) is 5.75 Å². The highest BCUT2D eigenvalue weighted by molar-refractivity contribution is 5.94. The Bertz CT molecular complexity index is 949. The maximum absolute atomic E-state index is 12.7. The first kappa shape index (κ1) is 18.4. The third kappa shape index (κ3) is 4.61. The molecule has 0 saturated heterocycles. The van der Waals surface area contributed by atoms with E-state index in [9.17, 15) is 4.79 Å². The van der Waals surface area contributed by atoms with E-state index in [4.69, 9.17) is 9.26 Å². The van der Waals surface area contributed by atoms with Crippen molar-refractivity contribution in [2.75, 3.05) is 13.7 Å². The van der Waals surface area contributed by atoms with Crippen molar-refractivity contribution in [3.63, 3.8) is 0 Å². The first-order valence-corrected chi connectivity index (χ1v) is 8.55. The summed E-state index contributed by atoms with van der Waals surface area (Å²) in [5.74, 6) is 1.35. The zero-order valence-electron chi connectivity index (χ0n) is 15.4. The molecule has 0 unspecified atom stereocenters. The first-order valence-electron chi connectivity index (χ1n) is 8.55. The maximum Gasteiger partial charge on any atom is 0.254 e. The summed E-state index contributed by atoms with van der Waals surface area (Å²) in [6.45, 7) is 6.22. The minimum Gasteiger partial charge on any atom is -0.490 e. The van der Waals surface area contributed by atoms with E-state index in [2.05, 4.69) is 16.7 Å². The predicted molar refractivity (Wildman–Crippen MR) is 102 cm³/mol. The number of rotatable bonds is 7. The molecule has 1 aromatic heterocycles. The molecule has 0 aliphatic heterocycles. The fourth-order valence-corrected chi connectivity index (χ4v) is 2.59. The monoisotopic (exact) mass is 363 g/mol. The third-order valence-corrected chi connectivity index (χ3v) is 3.91. The van der Waals surface area contributed by atoms with Crippen molar-refractivity contribution in [1.82, 2.24) is 15.0 Å². The van der Waals surface area contributed by atoms with E-state index >= 15 is 0 Å². The Kier molecular flexibility index (Phi) is 5.66. The summed E-state index contributed by atoms with van der Waals surface area (Å²) >= 11 is 0. The third-order valence-electron chi connectivity index (χ3n) is 3.91. The van der Waals surface area contributed by atoms with E-state index in [0.29, 0.717) is 29.6 Å². The second-order valence-electron chi connectivity index (χ2n) is 6.17. The molecule has 2 aromatic carbocycles. The number of hydrogen-bond acceptors (Lipinski definition) is 5. The molecule has 3 aromatic rings. The number of carbonyl (C=O) groups is 1. The number of amides is 1. The molecule has 3 rings (SSSR count). The zero-order valence-corrected chi connectivity index (χ0v) is 15.4. The van der Waals surface area contributed by atoms with Crippen LogP contribution < -0.4 is 4.74 Å². The summed E-state index contributed by atoms with van der Waals surface area (Å²) in [7, 11) is 1.69. The molecule has 0 saturated carbocycles. The summed E-state index contributed by atoms with van der Waals surface area (Å²) in [4.78, 5) is 18.6. The molecular formula is C21H21N3O3. The van der Waals surface area contributed by atoms with Gasteiger partial charge in [0.2, 0.25) is 11.7 Å². The average Bonchev–Trinajstić information content (AvgIpc) is 3.14. The van der Waals surface area contributed by atoms with E-state index in [1.54, 1.807) is 37.4 Å². The van der Waals surface area contributed by atoms with Gasteiger partial charge in [-0.2, -0.15) is 4.98 Å². The van der Waals surface area contributed by atoms with Crippen molar-refractivity contribution in [2.45, 2.75) is 13.5 Å². The second-order valence-corrected chi connectivity index (χ2v) is 6.17. The van der Waals surface area contributed by atoms with Crippen LogP contribution in [0, 0.1) is 6.92 Å². The summed E-state index contributed by atoms with van der Waals surface area (Å²) < 4.78 is 10.8. The van der Waals surface area contributed by atoms with Crippen molar-refractivity contribution in [3.8, 4) is 17.1 Å². The van der Waals surface area contributed by atoms with Crippen LogP contribution >= 0.6 is 0 Å². The lowest BCUT2D eigenvalue weighted by molar-refractivity contribution is 0.0769. The van der Waals surface area contributed by atoms with Crippen LogP contribution in [0.2, 0.25) is 0 Å². The molecule has 0 aliphatic rings. The van der Waals surface area contributed by atoms with Crippen molar-refractivity contribution in [2.24, 2.45) is 0 Å². The normalized spacial score (nSPS) is 10.4. The highest BCUT2D eigenvalue weighted by Gasteiger charge is 2.17. The fourth-order valence-electron chi connectivity index (χ4n) is 2.59. The molecule has 0 radical (unpaired) electrons. The number of carbonyl (C=O) groups excluding carboxylic acids is 1. The Morgan fingerprint density at radius 1 is 1.26 bits per heavy atom. The predicted octanol–water partition coefficient (Wildman–Crippen LogP) is 3.88. The molecule has 1 amide bonds. The largest absolute Gasteiger partial charge is 0.490 e. The Morgan fingerprint density at radius 2 is 2.07 bits per heavy atom. The molecule has 6 nitrogen and oxygen atoms in total. The van der Waals surface area contributed by atoms with Crippen LogP contribution in [-0.4, -0.2) is 34.6 Å². The summed E-state index contributed by atoms with van der Waals surface area (Å²) in [6, 6.07) is 14.9. The van der Waals surface area contributed by atoms with Crippen LogP contribution in [0.3, 0.4) is 0 Å². The fraction of sp³-hybridized carbons (Fsp3) is 0.190. The minimum atomic E-state index is -0.158. The number of ether oxygens (including phenoxy) is 1.